The van der Waals surface area contributed by atoms with Crippen molar-refractivity contribution in [3.05, 3.63) is 83.4 Å². The normalized spacial score (nSPS) is 12.4. The molecule has 8 nitrogen and oxygen atoms in total. The Labute approximate surface area is 212 Å². The van der Waals surface area contributed by atoms with E-state index in [1.165, 1.54) is 0 Å². The number of anilines is 1. The van der Waals surface area contributed by atoms with E-state index in [0.29, 0.717) is 24.5 Å². The Morgan fingerprint density at radius 3 is 2.36 bits per heavy atom. The number of benzene rings is 3. The molecule has 0 aromatic heterocycles. The Morgan fingerprint density at radius 1 is 1.03 bits per heavy atom. The Hall–Kier alpha value is -3.40. The molecule has 0 saturated heterocycles. The Morgan fingerprint density at radius 2 is 1.72 bits per heavy atom. The number of rotatable bonds is 11. The summed E-state index contributed by atoms with van der Waals surface area (Å²) in [6.45, 7) is 4.80. The molecule has 192 valence electrons. The van der Waals surface area contributed by atoms with E-state index in [1.807, 2.05) is 55.0 Å². The molecular formula is C27H33N3O5S. The molecule has 9 heteroatoms. The zero-order valence-electron chi connectivity index (χ0n) is 20.7. The molecule has 36 heavy (non-hydrogen) atoms. The highest BCUT2D eigenvalue weighted by Gasteiger charge is 2.18. The maximum Gasteiger partial charge on any atom is 0.268 e. The van der Waals surface area contributed by atoms with Gasteiger partial charge in [-0.25, -0.2) is 13.1 Å². The summed E-state index contributed by atoms with van der Waals surface area (Å²) in [6.07, 6.45) is 0.898. The van der Waals surface area contributed by atoms with Crippen LogP contribution in [0.15, 0.2) is 66.7 Å². The molecule has 0 aliphatic rings. The zero-order valence-corrected chi connectivity index (χ0v) is 21.5. The van der Waals surface area contributed by atoms with Gasteiger partial charge in [0.05, 0.1) is 24.0 Å². The number of amides is 1. The lowest BCUT2D eigenvalue weighted by Crippen LogP contribution is -2.30. The van der Waals surface area contributed by atoms with E-state index >= 15 is 0 Å². The van der Waals surface area contributed by atoms with Crippen molar-refractivity contribution in [3.63, 3.8) is 0 Å². The highest BCUT2D eigenvalue weighted by molar-refractivity contribution is 7.89. The largest absolute Gasteiger partial charge is 0.490 e. The molecule has 0 radical (unpaired) electrons. The molecule has 0 unspecified atom stereocenters. The number of aliphatic hydroxyl groups is 1. The fourth-order valence-electron chi connectivity index (χ4n) is 3.68. The van der Waals surface area contributed by atoms with Crippen molar-refractivity contribution in [2.45, 2.75) is 32.5 Å². The number of aliphatic hydroxyl groups excluding tert-OH is 1. The van der Waals surface area contributed by atoms with Crippen LogP contribution >= 0.6 is 0 Å². The van der Waals surface area contributed by atoms with Gasteiger partial charge in [0.2, 0.25) is 10.0 Å². The number of carbonyl (C=O) groups excluding carboxylic acids is 1. The van der Waals surface area contributed by atoms with Crippen LogP contribution in [-0.2, 0) is 16.4 Å². The van der Waals surface area contributed by atoms with Crippen LogP contribution in [0, 0.1) is 0 Å². The quantitative estimate of drug-likeness (QED) is 0.230. The van der Waals surface area contributed by atoms with Crippen molar-refractivity contribution in [1.82, 2.24) is 10.0 Å². The highest BCUT2D eigenvalue weighted by atomic mass is 32.2. The number of sulfonamides is 1. The number of hydrogen-bond donors (Lipinski definition) is 4. The summed E-state index contributed by atoms with van der Waals surface area (Å²) in [7, 11) is -3.69. The summed E-state index contributed by atoms with van der Waals surface area (Å²) in [5.41, 5.74) is 10.3. The molecule has 0 fully saturated rings. The molecule has 0 heterocycles. The highest BCUT2D eigenvalue weighted by Crippen LogP contribution is 2.29. The van der Waals surface area contributed by atoms with Crippen LogP contribution in [0.5, 0.6) is 5.75 Å². The first-order valence-corrected chi connectivity index (χ1v) is 13.6. The fraction of sp³-hybridized carbons (Fsp3) is 0.296. The van der Waals surface area contributed by atoms with Gasteiger partial charge in [-0.1, -0.05) is 42.5 Å². The second kappa shape index (κ2) is 12.0. The van der Waals surface area contributed by atoms with E-state index in [9.17, 15) is 18.3 Å². The minimum absolute atomic E-state index is 0.154. The molecule has 0 bridgehead atoms. The average molecular weight is 512 g/mol. The summed E-state index contributed by atoms with van der Waals surface area (Å²) in [5, 5.41) is 13.6. The number of nitrogens with two attached hydrogens (primary N) is 1. The maximum absolute atomic E-state index is 12.4. The smallest absolute Gasteiger partial charge is 0.268 e. The molecule has 0 saturated carbocycles. The lowest BCUT2D eigenvalue weighted by atomic mass is 10.0. The SMILES string of the molecule is CC(C)Oc1cc(-c2ccc(CCNC[C@@H](O)c3cccc(N)c3)cc2)ccc1C(=O)NS(C)(=O)=O. The van der Waals surface area contributed by atoms with Gasteiger partial charge in [0.15, 0.2) is 0 Å². The third-order valence-electron chi connectivity index (χ3n) is 5.38. The van der Waals surface area contributed by atoms with E-state index in [0.717, 1.165) is 34.9 Å². The lowest BCUT2D eigenvalue weighted by molar-refractivity contribution is 0.0976. The lowest BCUT2D eigenvalue weighted by Gasteiger charge is -2.16. The molecule has 3 aromatic carbocycles. The summed E-state index contributed by atoms with van der Waals surface area (Å²) >= 11 is 0. The minimum Gasteiger partial charge on any atom is -0.490 e. The van der Waals surface area contributed by atoms with Gasteiger partial charge in [-0.15, -0.1) is 0 Å². The molecule has 3 rings (SSSR count). The Bertz CT molecular complexity index is 1290. The van der Waals surface area contributed by atoms with E-state index < -0.39 is 22.0 Å². The van der Waals surface area contributed by atoms with Crippen LogP contribution in [0.3, 0.4) is 0 Å². The number of hydrogen-bond acceptors (Lipinski definition) is 7. The van der Waals surface area contributed by atoms with Gasteiger partial charge in [-0.05, 0) is 73.3 Å². The third kappa shape index (κ3) is 8.08. The Kier molecular flexibility index (Phi) is 9.08. The van der Waals surface area contributed by atoms with Crippen molar-refractivity contribution in [2.75, 3.05) is 25.1 Å². The van der Waals surface area contributed by atoms with Crippen LogP contribution in [0.4, 0.5) is 5.69 Å². The van der Waals surface area contributed by atoms with Crippen molar-refractivity contribution in [2.24, 2.45) is 0 Å². The zero-order chi connectivity index (χ0) is 26.3. The summed E-state index contributed by atoms with van der Waals surface area (Å²) in [4.78, 5) is 12.4. The van der Waals surface area contributed by atoms with Gasteiger partial charge in [0.25, 0.3) is 5.91 Å². The number of nitrogen functional groups attached to an aromatic ring is 1. The molecule has 0 aliphatic carbocycles. The van der Waals surface area contributed by atoms with Crippen LogP contribution in [0.25, 0.3) is 11.1 Å². The molecule has 1 amide bonds. The molecule has 5 N–H and O–H groups in total. The first-order valence-electron chi connectivity index (χ1n) is 11.7. The van der Waals surface area contributed by atoms with E-state index in [4.69, 9.17) is 10.5 Å². The fourth-order valence-corrected chi connectivity index (χ4v) is 4.13. The second-order valence-corrected chi connectivity index (χ2v) is 10.7. The van der Waals surface area contributed by atoms with Gasteiger partial charge < -0.3 is 20.9 Å². The summed E-state index contributed by atoms with van der Waals surface area (Å²) in [5.74, 6) is -0.418. The first-order chi connectivity index (χ1) is 17.0. The van der Waals surface area contributed by atoms with Crippen LogP contribution in [0.1, 0.15) is 41.4 Å². The molecular weight excluding hydrogens is 478 g/mol. The van der Waals surface area contributed by atoms with E-state index in [-0.39, 0.29) is 11.7 Å². The number of ether oxygens (including phenoxy) is 1. The van der Waals surface area contributed by atoms with Crippen molar-refractivity contribution < 1.29 is 23.1 Å². The molecule has 3 aromatic rings. The van der Waals surface area contributed by atoms with E-state index in [1.54, 1.807) is 30.3 Å². The van der Waals surface area contributed by atoms with Gasteiger partial charge in [-0.2, -0.15) is 0 Å². The molecule has 0 aliphatic heterocycles. The predicted octanol–water partition coefficient (Wildman–Crippen LogP) is 3.28. The summed E-state index contributed by atoms with van der Waals surface area (Å²) < 4.78 is 30.7. The minimum atomic E-state index is -3.69. The predicted molar refractivity (Wildman–Crippen MR) is 142 cm³/mol. The monoisotopic (exact) mass is 511 g/mol. The molecule has 1 atom stereocenters. The maximum atomic E-state index is 12.4. The van der Waals surface area contributed by atoms with Crippen molar-refractivity contribution in [1.29, 1.82) is 0 Å². The number of nitrogens with one attached hydrogen (secondary N) is 2. The van der Waals surface area contributed by atoms with Gasteiger partial charge in [-0.3, -0.25) is 4.79 Å². The van der Waals surface area contributed by atoms with Gasteiger partial charge in [0, 0.05) is 12.2 Å². The topological polar surface area (TPSA) is 131 Å². The average Bonchev–Trinajstić information content (AvgIpc) is 2.80. The number of carbonyl (C=O) groups is 1. The van der Waals surface area contributed by atoms with Crippen molar-refractivity contribution >= 4 is 21.6 Å². The van der Waals surface area contributed by atoms with Gasteiger partial charge in [0.1, 0.15) is 5.75 Å². The van der Waals surface area contributed by atoms with Crippen LogP contribution < -0.4 is 20.5 Å². The molecule has 0 spiro atoms. The van der Waals surface area contributed by atoms with Crippen LogP contribution in [0.2, 0.25) is 0 Å². The van der Waals surface area contributed by atoms with Gasteiger partial charge >= 0.3 is 0 Å². The first kappa shape index (κ1) is 27.2. The van der Waals surface area contributed by atoms with Crippen molar-refractivity contribution in [3.8, 4) is 16.9 Å². The van der Waals surface area contributed by atoms with E-state index in [2.05, 4.69) is 5.32 Å². The summed E-state index contributed by atoms with van der Waals surface area (Å²) in [6, 6.07) is 20.3. The third-order valence-corrected chi connectivity index (χ3v) is 5.93. The standard InChI is InChI=1S/C27H33N3O5S/c1-18(2)35-26-16-21(11-12-24(26)27(32)30-36(3,33)34)20-9-7-19(8-10-20)13-14-29-17-25(31)22-5-4-6-23(28)15-22/h4-12,15-16,18,25,29,31H,13-14,17,28H2,1-3H3,(H,30,32)/t25-/m1/s1. The second-order valence-electron chi connectivity index (χ2n) is 8.92. The van der Waals surface area contributed by atoms with Crippen LogP contribution in [-0.4, -0.2) is 44.9 Å². The Balaban J connectivity index is 1.63.